The lowest BCUT2D eigenvalue weighted by molar-refractivity contribution is -0.701. The molecule has 0 bridgehead atoms. The third-order valence-corrected chi connectivity index (χ3v) is 5.19. The summed E-state index contributed by atoms with van der Waals surface area (Å²) in [5.41, 5.74) is 0. The van der Waals surface area contributed by atoms with E-state index in [1.807, 2.05) is 6.20 Å². The number of nitrogens with zero attached hydrogens (tertiary/aromatic N) is 1. The molecule has 1 aromatic heterocycles. The number of aromatic nitrogens is 2. The van der Waals surface area contributed by atoms with E-state index in [9.17, 15) is 21.8 Å². The third-order valence-electron chi connectivity index (χ3n) is 3.00. The van der Waals surface area contributed by atoms with Crippen molar-refractivity contribution in [2.45, 2.75) is 42.7 Å². The molecule has 0 spiro atoms. The van der Waals surface area contributed by atoms with Gasteiger partial charge in [0, 0.05) is 11.8 Å². The maximum atomic E-state index is 12.7. The standard InChI is InChI=1S/C8H14N2.C7H6F2O3S2/c1-3-4-6-10-7-5-9-8(10)2;8-7(9,14(10,11)12)13-6-4-2-1-3-5-6/h5,7H,3-4,6H2,1-2H3;1-5H,(H,10,11,12). The van der Waals surface area contributed by atoms with Gasteiger partial charge in [-0.2, -0.15) is 8.78 Å². The maximum Gasteiger partial charge on any atom is 0.386 e. The SMILES string of the molecule is CCCC[n+]1cc[nH]c1C.O=S(=O)([O-])C(F)(F)Sc1ccccc1. The van der Waals surface area contributed by atoms with E-state index in [-0.39, 0.29) is 16.7 Å². The van der Waals surface area contributed by atoms with Crippen LogP contribution in [0.3, 0.4) is 0 Å². The molecule has 0 aliphatic heterocycles. The van der Waals surface area contributed by atoms with Gasteiger partial charge in [-0.05, 0) is 30.3 Å². The first-order chi connectivity index (χ1) is 11.2. The van der Waals surface area contributed by atoms with E-state index in [1.54, 1.807) is 6.07 Å². The summed E-state index contributed by atoms with van der Waals surface area (Å²) in [6, 6.07) is 7.12. The van der Waals surface area contributed by atoms with Crippen LogP contribution < -0.4 is 4.57 Å². The van der Waals surface area contributed by atoms with Gasteiger partial charge in [0.1, 0.15) is 12.4 Å². The first-order valence-corrected chi connectivity index (χ1v) is 9.50. The molecule has 0 saturated carbocycles. The van der Waals surface area contributed by atoms with Crippen LogP contribution in [0.2, 0.25) is 0 Å². The second-order valence-electron chi connectivity index (χ2n) is 4.93. The van der Waals surface area contributed by atoms with Crippen molar-refractivity contribution in [1.82, 2.24) is 4.98 Å². The van der Waals surface area contributed by atoms with Crippen molar-refractivity contribution in [3.8, 4) is 0 Å². The van der Waals surface area contributed by atoms with Crippen molar-refractivity contribution in [3.05, 3.63) is 48.5 Å². The Hall–Kier alpha value is -1.45. The van der Waals surface area contributed by atoms with Gasteiger partial charge in [0.2, 0.25) is 0 Å². The fraction of sp³-hybridized carbons (Fsp3) is 0.400. The van der Waals surface area contributed by atoms with E-state index < -0.39 is 14.7 Å². The van der Waals surface area contributed by atoms with Crippen molar-refractivity contribution < 1.29 is 26.3 Å². The fourth-order valence-electron chi connectivity index (χ4n) is 1.69. The van der Waals surface area contributed by atoms with Crippen LogP contribution in [0.25, 0.3) is 0 Å². The Bertz CT molecular complexity index is 719. The van der Waals surface area contributed by atoms with E-state index >= 15 is 0 Å². The van der Waals surface area contributed by atoms with Gasteiger partial charge in [-0.3, -0.25) is 0 Å². The molecule has 0 atom stereocenters. The van der Waals surface area contributed by atoms with Crippen LogP contribution in [-0.2, 0) is 16.7 Å². The molecule has 0 unspecified atom stereocenters. The summed E-state index contributed by atoms with van der Waals surface area (Å²) in [4.78, 5) is 3.17. The Balaban J connectivity index is 0.000000254. The molecule has 5 nitrogen and oxygen atoms in total. The Morgan fingerprint density at radius 2 is 1.92 bits per heavy atom. The quantitative estimate of drug-likeness (QED) is 0.475. The number of imidazole rings is 1. The normalized spacial score (nSPS) is 11.7. The van der Waals surface area contributed by atoms with Gasteiger partial charge in [-0.25, -0.2) is 18.0 Å². The van der Waals surface area contributed by atoms with Gasteiger partial charge in [-0.1, -0.05) is 31.5 Å². The molecule has 1 heterocycles. The lowest BCUT2D eigenvalue weighted by Gasteiger charge is -2.18. The number of unbranched alkanes of at least 4 members (excludes halogenated alkanes) is 1. The minimum absolute atomic E-state index is 0.0249. The highest BCUT2D eigenvalue weighted by Gasteiger charge is 2.38. The second kappa shape index (κ2) is 9.14. The summed E-state index contributed by atoms with van der Waals surface area (Å²) in [6.07, 6.45) is 6.59. The van der Waals surface area contributed by atoms with Crippen molar-refractivity contribution in [3.63, 3.8) is 0 Å². The van der Waals surface area contributed by atoms with E-state index in [4.69, 9.17) is 0 Å². The van der Waals surface area contributed by atoms with E-state index in [1.165, 1.54) is 42.9 Å². The monoisotopic (exact) mass is 378 g/mol. The Kier molecular flexibility index (Phi) is 7.85. The van der Waals surface area contributed by atoms with Crippen LogP contribution >= 0.6 is 11.8 Å². The number of aryl methyl sites for hydroxylation is 2. The van der Waals surface area contributed by atoms with Crippen LogP contribution in [-0.4, -0.2) is 22.5 Å². The molecule has 0 radical (unpaired) electrons. The van der Waals surface area contributed by atoms with Crippen molar-refractivity contribution in [1.29, 1.82) is 0 Å². The molecule has 9 heteroatoms. The molecule has 2 aromatic rings. The van der Waals surface area contributed by atoms with Crippen molar-refractivity contribution in [2.24, 2.45) is 0 Å². The van der Waals surface area contributed by atoms with Crippen LogP contribution in [0.4, 0.5) is 8.78 Å². The van der Waals surface area contributed by atoms with Crippen molar-refractivity contribution in [2.75, 3.05) is 0 Å². The number of benzene rings is 1. The zero-order valence-corrected chi connectivity index (χ0v) is 15.0. The van der Waals surface area contributed by atoms with Gasteiger partial charge in [0.05, 0.1) is 6.54 Å². The summed E-state index contributed by atoms with van der Waals surface area (Å²) >= 11 is -0.281. The molecule has 0 aliphatic carbocycles. The summed E-state index contributed by atoms with van der Waals surface area (Å²) < 4.78 is 53.7. The van der Waals surface area contributed by atoms with Gasteiger partial charge in [0.15, 0.2) is 10.1 Å². The lowest BCUT2D eigenvalue weighted by atomic mass is 10.3. The largest absolute Gasteiger partial charge is 0.743 e. The highest BCUT2D eigenvalue weighted by atomic mass is 32.3. The molecule has 1 N–H and O–H groups in total. The molecular formula is C15H20F2N2O3S2. The highest BCUT2D eigenvalue weighted by molar-refractivity contribution is 8.12. The van der Waals surface area contributed by atoms with E-state index in [0.717, 1.165) is 6.54 Å². The molecule has 134 valence electrons. The number of thioether (sulfide) groups is 1. The van der Waals surface area contributed by atoms with Gasteiger partial charge >= 0.3 is 4.59 Å². The summed E-state index contributed by atoms with van der Waals surface area (Å²) in [7, 11) is -5.62. The van der Waals surface area contributed by atoms with Crippen LogP contribution in [0.15, 0.2) is 47.6 Å². The first-order valence-electron chi connectivity index (χ1n) is 7.28. The number of rotatable bonds is 6. The fourth-order valence-corrected chi connectivity index (χ4v) is 2.95. The van der Waals surface area contributed by atoms with Gasteiger partial charge in [-0.15, -0.1) is 0 Å². The Morgan fingerprint density at radius 1 is 1.29 bits per heavy atom. The lowest BCUT2D eigenvalue weighted by Crippen LogP contribution is -2.34. The van der Waals surface area contributed by atoms with Crippen LogP contribution in [0.5, 0.6) is 0 Å². The Labute approximate surface area is 144 Å². The second-order valence-corrected chi connectivity index (χ2v) is 7.79. The van der Waals surface area contributed by atoms with Crippen LogP contribution in [0.1, 0.15) is 25.6 Å². The van der Waals surface area contributed by atoms with E-state index in [2.05, 4.69) is 29.6 Å². The number of H-pyrrole nitrogens is 1. The molecule has 0 saturated heterocycles. The van der Waals surface area contributed by atoms with Gasteiger partial charge in [0.25, 0.3) is 5.82 Å². The molecule has 24 heavy (non-hydrogen) atoms. The molecule has 1 aromatic carbocycles. The average molecular weight is 378 g/mol. The molecule has 0 fully saturated rings. The third kappa shape index (κ3) is 6.58. The maximum absolute atomic E-state index is 12.7. The molecule has 0 amide bonds. The molecular weight excluding hydrogens is 358 g/mol. The summed E-state index contributed by atoms with van der Waals surface area (Å²) in [5, 5.41) is 0. The topological polar surface area (TPSA) is 76.9 Å². The zero-order valence-electron chi connectivity index (χ0n) is 13.4. The number of nitrogens with one attached hydrogen (secondary N) is 1. The predicted molar refractivity (Wildman–Crippen MR) is 87.6 cm³/mol. The van der Waals surface area contributed by atoms with Crippen molar-refractivity contribution >= 4 is 21.9 Å². The molecule has 2 rings (SSSR count). The van der Waals surface area contributed by atoms with E-state index in [0.29, 0.717) is 0 Å². The van der Waals surface area contributed by atoms with Crippen LogP contribution in [0, 0.1) is 6.92 Å². The summed E-state index contributed by atoms with van der Waals surface area (Å²) in [6.45, 7) is 5.45. The highest BCUT2D eigenvalue weighted by Crippen LogP contribution is 2.39. The summed E-state index contributed by atoms with van der Waals surface area (Å²) in [5.74, 6) is 1.24. The number of halogens is 2. The minimum atomic E-state index is -5.62. The number of aromatic amines is 1. The number of alkyl halides is 2. The first kappa shape index (κ1) is 20.6. The number of hydrogen-bond acceptors (Lipinski definition) is 4. The van der Waals surface area contributed by atoms with Gasteiger partial charge < -0.3 is 4.55 Å². The Morgan fingerprint density at radius 3 is 2.38 bits per heavy atom. The number of hydrogen-bond donors (Lipinski definition) is 1. The smallest absolute Gasteiger partial charge is 0.386 e. The predicted octanol–water partition coefficient (Wildman–Crippen LogP) is 3.28. The average Bonchev–Trinajstić information content (AvgIpc) is 2.90. The minimum Gasteiger partial charge on any atom is -0.743 e. The molecule has 0 aliphatic rings. The zero-order chi connectivity index (χ0) is 18.2.